The van der Waals surface area contributed by atoms with Gasteiger partial charge in [0.05, 0.1) is 4.92 Å². The van der Waals surface area contributed by atoms with Crippen LogP contribution >= 0.6 is 0 Å². The monoisotopic (exact) mass is 239 g/mol. The molecule has 1 saturated carbocycles. The van der Waals surface area contributed by atoms with Crippen molar-refractivity contribution < 1.29 is 4.92 Å². The molecule has 0 bridgehead atoms. The van der Waals surface area contributed by atoms with Gasteiger partial charge in [-0.25, -0.2) is 0 Å². The minimum atomic E-state index is -0.354. The average Bonchev–Trinajstić information content (AvgIpc) is 2.27. The van der Waals surface area contributed by atoms with E-state index in [9.17, 15) is 10.1 Å². The van der Waals surface area contributed by atoms with Crippen molar-refractivity contribution >= 4 is 0 Å². The van der Waals surface area contributed by atoms with Crippen molar-refractivity contribution in [1.29, 1.82) is 0 Å². The number of nitrogens with zero attached hydrogens (tertiary/aromatic N) is 1. The summed E-state index contributed by atoms with van der Waals surface area (Å²) in [5.41, 5.74) is 0.437. The summed E-state index contributed by atoms with van der Waals surface area (Å²) >= 11 is 0. The van der Waals surface area contributed by atoms with E-state index in [-0.39, 0.29) is 4.92 Å². The molecule has 0 aliphatic heterocycles. The molecule has 0 N–H and O–H groups in total. The van der Waals surface area contributed by atoms with Crippen LogP contribution in [0.2, 0.25) is 0 Å². The summed E-state index contributed by atoms with van der Waals surface area (Å²) in [6.07, 6.45) is 10.1. The zero-order valence-corrected chi connectivity index (χ0v) is 11.3. The molecule has 0 aromatic rings. The highest BCUT2D eigenvalue weighted by Crippen LogP contribution is 2.42. The topological polar surface area (TPSA) is 43.1 Å². The van der Waals surface area contributed by atoms with Gasteiger partial charge in [-0.15, -0.1) is 0 Å². The fourth-order valence-electron chi connectivity index (χ4n) is 3.13. The Hall–Kier alpha value is -0.860. The normalized spacial score (nSPS) is 26.3. The fourth-order valence-corrected chi connectivity index (χ4v) is 3.13. The van der Waals surface area contributed by atoms with Gasteiger partial charge in [0.1, 0.15) is 0 Å². The first-order valence-electron chi connectivity index (χ1n) is 6.77. The summed E-state index contributed by atoms with van der Waals surface area (Å²) in [5, 5.41) is 10.3. The van der Waals surface area contributed by atoms with Gasteiger partial charge in [0.25, 0.3) is 0 Å². The van der Waals surface area contributed by atoms with E-state index in [1.165, 1.54) is 25.7 Å². The van der Waals surface area contributed by atoms with Crippen molar-refractivity contribution in [2.45, 2.75) is 59.3 Å². The standard InChI is InChI=1S/C14H25NO2/c1-4-10-14(2,3)13-7-5-12(6-8-13)9-11-15(16)17/h9,11-13H,4-8,10H2,1-3H3/b11-9+. The lowest BCUT2D eigenvalue weighted by Gasteiger charge is -2.38. The quantitative estimate of drug-likeness (QED) is 0.527. The van der Waals surface area contributed by atoms with Crippen LogP contribution in [0.15, 0.2) is 12.3 Å². The molecular formula is C14H25NO2. The Morgan fingerprint density at radius 1 is 1.29 bits per heavy atom. The van der Waals surface area contributed by atoms with E-state index in [0.29, 0.717) is 11.3 Å². The lowest BCUT2D eigenvalue weighted by molar-refractivity contribution is -0.402. The molecule has 1 fully saturated rings. The number of allylic oxidation sites excluding steroid dienone is 1. The Morgan fingerprint density at radius 3 is 2.35 bits per heavy atom. The molecule has 0 amide bonds. The third kappa shape index (κ3) is 4.49. The minimum absolute atomic E-state index is 0.354. The van der Waals surface area contributed by atoms with E-state index in [1.54, 1.807) is 6.08 Å². The molecule has 1 aliphatic carbocycles. The Labute approximate surface area is 104 Å². The molecule has 0 unspecified atom stereocenters. The van der Waals surface area contributed by atoms with Gasteiger partial charge in [-0.3, -0.25) is 10.1 Å². The maximum Gasteiger partial charge on any atom is 0.230 e. The lowest BCUT2D eigenvalue weighted by atomic mass is 9.67. The predicted octanol–water partition coefficient (Wildman–Crippen LogP) is 4.41. The van der Waals surface area contributed by atoms with Gasteiger partial charge in [-0.2, -0.15) is 0 Å². The van der Waals surface area contributed by atoms with Crippen LogP contribution in [-0.4, -0.2) is 4.92 Å². The first kappa shape index (κ1) is 14.2. The van der Waals surface area contributed by atoms with Crippen molar-refractivity contribution in [3.05, 3.63) is 22.4 Å². The Bertz CT molecular complexity index is 276. The molecular weight excluding hydrogens is 214 g/mol. The smallest absolute Gasteiger partial charge is 0.230 e. The number of rotatable bonds is 5. The van der Waals surface area contributed by atoms with Gasteiger partial charge in [-0.05, 0) is 55.4 Å². The van der Waals surface area contributed by atoms with Gasteiger partial charge < -0.3 is 0 Å². The van der Waals surface area contributed by atoms with Crippen LogP contribution in [0.5, 0.6) is 0 Å². The van der Waals surface area contributed by atoms with Gasteiger partial charge >= 0.3 is 0 Å². The molecule has 0 aromatic carbocycles. The summed E-state index contributed by atoms with van der Waals surface area (Å²) in [6, 6.07) is 0. The fraction of sp³-hybridized carbons (Fsp3) is 0.857. The highest BCUT2D eigenvalue weighted by Gasteiger charge is 2.31. The second kappa shape index (κ2) is 6.18. The molecule has 0 radical (unpaired) electrons. The van der Waals surface area contributed by atoms with E-state index < -0.39 is 0 Å². The third-order valence-corrected chi connectivity index (χ3v) is 4.25. The maximum atomic E-state index is 10.3. The molecule has 0 heterocycles. The summed E-state index contributed by atoms with van der Waals surface area (Å²) in [7, 11) is 0. The van der Waals surface area contributed by atoms with Gasteiger partial charge in [0, 0.05) is 0 Å². The van der Waals surface area contributed by atoms with Gasteiger partial charge in [0.2, 0.25) is 6.20 Å². The predicted molar refractivity (Wildman–Crippen MR) is 70.3 cm³/mol. The van der Waals surface area contributed by atoms with Crippen LogP contribution in [0.4, 0.5) is 0 Å². The SMILES string of the molecule is CCCC(C)(C)C1CCC(/C=C/[N+](=O)[O-])CC1. The van der Waals surface area contributed by atoms with Crippen molar-refractivity contribution in [3.8, 4) is 0 Å². The van der Waals surface area contributed by atoms with Gasteiger partial charge in [0.15, 0.2) is 0 Å². The second-order valence-corrected chi connectivity index (χ2v) is 5.98. The lowest BCUT2D eigenvalue weighted by Crippen LogP contribution is -2.28. The summed E-state index contributed by atoms with van der Waals surface area (Å²) < 4.78 is 0. The summed E-state index contributed by atoms with van der Waals surface area (Å²) in [5.74, 6) is 1.22. The van der Waals surface area contributed by atoms with Crippen LogP contribution in [0.25, 0.3) is 0 Å². The third-order valence-electron chi connectivity index (χ3n) is 4.25. The maximum absolute atomic E-state index is 10.3. The molecule has 17 heavy (non-hydrogen) atoms. The van der Waals surface area contributed by atoms with E-state index in [0.717, 1.165) is 25.0 Å². The first-order valence-corrected chi connectivity index (χ1v) is 6.77. The molecule has 1 rings (SSSR count). The van der Waals surface area contributed by atoms with E-state index in [2.05, 4.69) is 20.8 Å². The first-order chi connectivity index (χ1) is 7.95. The van der Waals surface area contributed by atoms with Crippen LogP contribution in [0.3, 0.4) is 0 Å². The zero-order chi connectivity index (χ0) is 12.9. The van der Waals surface area contributed by atoms with Crippen molar-refractivity contribution in [2.24, 2.45) is 17.3 Å². The van der Waals surface area contributed by atoms with E-state index in [1.807, 2.05) is 0 Å². The molecule has 3 heteroatoms. The largest absolute Gasteiger partial charge is 0.259 e. The second-order valence-electron chi connectivity index (χ2n) is 5.98. The summed E-state index contributed by atoms with van der Waals surface area (Å²) in [4.78, 5) is 9.92. The highest BCUT2D eigenvalue weighted by molar-refractivity contribution is 4.90. The number of hydrogen-bond acceptors (Lipinski definition) is 2. The summed E-state index contributed by atoms with van der Waals surface area (Å²) in [6.45, 7) is 6.98. The Kier molecular flexibility index (Phi) is 5.16. The Morgan fingerprint density at radius 2 is 1.88 bits per heavy atom. The molecule has 98 valence electrons. The molecule has 1 aliphatic rings. The molecule has 0 spiro atoms. The van der Waals surface area contributed by atoms with Crippen LogP contribution < -0.4 is 0 Å². The molecule has 0 saturated heterocycles. The van der Waals surface area contributed by atoms with E-state index >= 15 is 0 Å². The van der Waals surface area contributed by atoms with Gasteiger partial charge in [-0.1, -0.05) is 27.2 Å². The van der Waals surface area contributed by atoms with E-state index in [4.69, 9.17) is 0 Å². The van der Waals surface area contributed by atoms with Crippen molar-refractivity contribution in [1.82, 2.24) is 0 Å². The van der Waals surface area contributed by atoms with Crippen LogP contribution in [-0.2, 0) is 0 Å². The Balaban J connectivity index is 2.42. The van der Waals surface area contributed by atoms with Crippen molar-refractivity contribution in [3.63, 3.8) is 0 Å². The molecule has 3 nitrogen and oxygen atoms in total. The minimum Gasteiger partial charge on any atom is -0.259 e. The molecule has 0 atom stereocenters. The highest BCUT2D eigenvalue weighted by atomic mass is 16.6. The average molecular weight is 239 g/mol. The number of hydrogen-bond donors (Lipinski definition) is 0. The van der Waals surface area contributed by atoms with Crippen LogP contribution in [0.1, 0.15) is 59.3 Å². The zero-order valence-electron chi connectivity index (χ0n) is 11.3. The molecule has 0 aromatic heterocycles. The van der Waals surface area contributed by atoms with Crippen molar-refractivity contribution in [2.75, 3.05) is 0 Å². The number of nitro groups is 1. The van der Waals surface area contributed by atoms with Crippen LogP contribution in [0, 0.1) is 27.4 Å².